The lowest BCUT2D eigenvalue weighted by atomic mass is 10.0. The van der Waals surface area contributed by atoms with Gasteiger partial charge < -0.3 is 5.73 Å². The van der Waals surface area contributed by atoms with Crippen LogP contribution in [0, 0.1) is 6.92 Å². The summed E-state index contributed by atoms with van der Waals surface area (Å²) in [5.41, 5.74) is 7.96. The first-order valence-corrected chi connectivity index (χ1v) is 7.13. The Hall–Kier alpha value is -0.870. The molecule has 90 valence electrons. The molecule has 4 heteroatoms. The molecule has 0 spiro atoms. The molecule has 0 aliphatic heterocycles. The molecule has 0 fully saturated rings. The topological polar surface area (TPSA) is 60.2 Å². The van der Waals surface area contributed by atoms with Crippen LogP contribution < -0.4 is 5.73 Å². The van der Waals surface area contributed by atoms with Gasteiger partial charge in [-0.1, -0.05) is 36.8 Å². The van der Waals surface area contributed by atoms with E-state index in [4.69, 9.17) is 5.73 Å². The lowest BCUT2D eigenvalue weighted by molar-refractivity contribution is 0.566. The van der Waals surface area contributed by atoms with Gasteiger partial charge >= 0.3 is 0 Å². The van der Waals surface area contributed by atoms with Crippen LogP contribution in [0.5, 0.6) is 0 Å². The van der Waals surface area contributed by atoms with Crippen LogP contribution in [0.3, 0.4) is 0 Å². The number of benzene rings is 1. The van der Waals surface area contributed by atoms with E-state index in [1.54, 1.807) is 13.8 Å². The smallest absolute Gasteiger partial charge is 0.154 e. The minimum absolute atomic E-state index is 0.133. The quantitative estimate of drug-likeness (QED) is 0.874. The van der Waals surface area contributed by atoms with Crippen molar-refractivity contribution in [2.75, 3.05) is 5.75 Å². The Morgan fingerprint density at radius 3 is 2.50 bits per heavy atom. The minimum atomic E-state index is -3.08. The molecule has 0 heterocycles. The normalized spacial score (nSPS) is 15.8. The van der Waals surface area contributed by atoms with Crippen molar-refractivity contribution in [3.8, 4) is 0 Å². The van der Waals surface area contributed by atoms with Gasteiger partial charge in [0.25, 0.3) is 0 Å². The molecule has 0 amide bonds. The van der Waals surface area contributed by atoms with Crippen LogP contribution in [-0.4, -0.2) is 19.4 Å². The van der Waals surface area contributed by atoms with Gasteiger partial charge in [0.15, 0.2) is 9.84 Å². The van der Waals surface area contributed by atoms with Crippen LogP contribution in [0.4, 0.5) is 0 Å². The number of rotatable bonds is 4. The van der Waals surface area contributed by atoms with E-state index in [0.717, 1.165) is 11.1 Å². The average Bonchev–Trinajstić information content (AvgIpc) is 2.27. The fraction of sp³-hybridized carbons (Fsp3) is 0.500. The van der Waals surface area contributed by atoms with E-state index in [1.807, 2.05) is 31.2 Å². The van der Waals surface area contributed by atoms with Crippen LogP contribution in [0.2, 0.25) is 0 Å². The van der Waals surface area contributed by atoms with E-state index < -0.39 is 21.1 Å². The van der Waals surface area contributed by atoms with Crippen molar-refractivity contribution in [2.45, 2.75) is 32.1 Å². The molecule has 0 saturated heterocycles. The van der Waals surface area contributed by atoms with Crippen molar-refractivity contribution in [3.63, 3.8) is 0 Å². The predicted molar refractivity (Wildman–Crippen MR) is 67.0 cm³/mol. The van der Waals surface area contributed by atoms with Crippen LogP contribution in [0.1, 0.15) is 31.0 Å². The predicted octanol–water partition coefficient (Wildman–Crippen LogP) is 1.82. The molecule has 16 heavy (non-hydrogen) atoms. The van der Waals surface area contributed by atoms with Gasteiger partial charge in [-0.15, -0.1) is 0 Å². The van der Waals surface area contributed by atoms with Crippen LogP contribution in [0.15, 0.2) is 24.3 Å². The summed E-state index contributed by atoms with van der Waals surface area (Å²) in [7, 11) is -3.08. The van der Waals surface area contributed by atoms with E-state index >= 15 is 0 Å². The monoisotopic (exact) mass is 241 g/mol. The Morgan fingerprint density at radius 2 is 2.00 bits per heavy atom. The SMILES string of the molecule is CCS(=O)(=O)[C@H](C)[C@H](N)c1cccc(C)c1. The van der Waals surface area contributed by atoms with Gasteiger partial charge in [-0.2, -0.15) is 0 Å². The van der Waals surface area contributed by atoms with Gasteiger partial charge in [0.2, 0.25) is 0 Å². The van der Waals surface area contributed by atoms with E-state index in [1.165, 1.54) is 0 Å². The third-order valence-electron chi connectivity index (χ3n) is 2.90. The molecule has 1 aromatic carbocycles. The summed E-state index contributed by atoms with van der Waals surface area (Å²) in [4.78, 5) is 0. The Bertz CT molecular complexity index is 454. The summed E-state index contributed by atoms with van der Waals surface area (Å²) in [6.07, 6.45) is 0. The number of sulfone groups is 1. The first kappa shape index (κ1) is 13.2. The van der Waals surface area contributed by atoms with Crippen molar-refractivity contribution in [1.82, 2.24) is 0 Å². The lowest BCUT2D eigenvalue weighted by Gasteiger charge is -2.20. The highest BCUT2D eigenvalue weighted by atomic mass is 32.2. The van der Waals surface area contributed by atoms with E-state index in [-0.39, 0.29) is 5.75 Å². The van der Waals surface area contributed by atoms with Crippen molar-refractivity contribution in [3.05, 3.63) is 35.4 Å². The summed E-state index contributed by atoms with van der Waals surface area (Å²) in [6.45, 7) is 5.29. The molecular formula is C12H19NO2S. The highest BCUT2D eigenvalue weighted by Gasteiger charge is 2.26. The van der Waals surface area contributed by atoms with Crippen molar-refractivity contribution in [1.29, 1.82) is 0 Å². The van der Waals surface area contributed by atoms with Crippen LogP contribution >= 0.6 is 0 Å². The van der Waals surface area contributed by atoms with Crippen molar-refractivity contribution in [2.24, 2.45) is 5.73 Å². The van der Waals surface area contributed by atoms with Gasteiger partial charge in [-0.25, -0.2) is 8.42 Å². The molecule has 3 nitrogen and oxygen atoms in total. The maximum absolute atomic E-state index is 11.7. The fourth-order valence-corrected chi connectivity index (χ4v) is 2.76. The second-order valence-corrected chi connectivity index (χ2v) is 6.74. The van der Waals surface area contributed by atoms with E-state index in [9.17, 15) is 8.42 Å². The third kappa shape index (κ3) is 2.83. The van der Waals surface area contributed by atoms with Gasteiger partial charge in [0.05, 0.1) is 5.25 Å². The number of hydrogen-bond donors (Lipinski definition) is 1. The molecule has 0 radical (unpaired) electrons. The van der Waals surface area contributed by atoms with Crippen molar-refractivity contribution < 1.29 is 8.42 Å². The molecule has 0 aromatic heterocycles. The number of nitrogens with two attached hydrogens (primary N) is 1. The maximum Gasteiger partial charge on any atom is 0.154 e. The standard InChI is InChI=1S/C12H19NO2S/c1-4-16(14,15)10(3)12(13)11-7-5-6-9(2)8-11/h5-8,10,12H,4,13H2,1-3H3/t10-,12+/m1/s1. The molecule has 0 saturated carbocycles. The zero-order valence-corrected chi connectivity index (χ0v) is 10.8. The van der Waals surface area contributed by atoms with Crippen molar-refractivity contribution >= 4 is 9.84 Å². The largest absolute Gasteiger partial charge is 0.323 e. The van der Waals surface area contributed by atoms with Crippen LogP contribution in [0.25, 0.3) is 0 Å². The summed E-state index contributed by atoms with van der Waals surface area (Å²) in [6, 6.07) is 7.22. The Kier molecular flexibility index (Phi) is 4.10. The average molecular weight is 241 g/mol. The Morgan fingerprint density at radius 1 is 1.38 bits per heavy atom. The zero-order chi connectivity index (χ0) is 12.3. The van der Waals surface area contributed by atoms with Gasteiger partial charge in [0, 0.05) is 11.8 Å². The number of hydrogen-bond acceptors (Lipinski definition) is 3. The highest BCUT2D eigenvalue weighted by molar-refractivity contribution is 7.92. The molecule has 1 rings (SSSR count). The minimum Gasteiger partial charge on any atom is -0.323 e. The number of aryl methyl sites for hydroxylation is 1. The molecule has 2 N–H and O–H groups in total. The second-order valence-electron chi connectivity index (χ2n) is 4.10. The fourth-order valence-electron chi connectivity index (χ4n) is 1.63. The molecule has 0 bridgehead atoms. The van der Waals surface area contributed by atoms with Gasteiger partial charge in [-0.3, -0.25) is 0 Å². The Balaban J connectivity index is 2.99. The molecule has 2 atom stereocenters. The molecule has 0 unspecified atom stereocenters. The molecular weight excluding hydrogens is 222 g/mol. The second kappa shape index (κ2) is 4.97. The first-order chi connectivity index (χ1) is 7.38. The zero-order valence-electron chi connectivity index (χ0n) is 9.97. The third-order valence-corrected chi connectivity index (χ3v) is 5.13. The molecule has 0 aliphatic carbocycles. The molecule has 0 aliphatic rings. The maximum atomic E-state index is 11.7. The summed E-state index contributed by atoms with van der Waals surface area (Å²) in [5, 5.41) is -0.542. The van der Waals surface area contributed by atoms with Gasteiger partial charge in [0.1, 0.15) is 0 Å². The van der Waals surface area contributed by atoms with E-state index in [0.29, 0.717) is 0 Å². The summed E-state index contributed by atoms with van der Waals surface area (Å²) < 4.78 is 23.4. The molecule has 1 aromatic rings. The Labute approximate surface area is 97.6 Å². The van der Waals surface area contributed by atoms with Gasteiger partial charge in [-0.05, 0) is 19.4 Å². The summed E-state index contributed by atoms with van der Waals surface area (Å²) in [5.74, 6) is 0.133. The van der Waals surface area contributed by atoms with E-state index in [2.05, 4.69) is 0 Å². The lowest BCUT2D eigenvalue weighted by Crippen LogP contribution is -2.32. The highest BCUT2D eigenvalue weighted by Crippen LogP contribution is 2.20. The summed E-state index contributed by atoms with van der Waals surface area (Å²) >= 11 is 0. The van der Waals surface area contributed by atoms with Crippen LogP contribution in [-0.2, 0) is 9.84 Å². The first-order valence-electron chi connectivity index (χ1n) is 5.42.